The highest BCUT2D eigenvalue weighted by molar-refractivity contribution is 6.31. The lowest BCUT2D eigenvalue weighted by atomic mass is 9.99. The minimum absolute atomic E-state index is 0.178. The zero-order valence-electron chi connectivity index (χ0n) is 15.3. The van der Waals surface area contributed by atoms with Crippen LogP contribution in [0.15, 0.2) is 54.6 Å². The Morgan fingerprint density at radius 2 is 1.89 bits per heavy atom. The van der Waals surface area contributed by atoms with Gasteiger partial charge in [-0.05, 0) is 35.3 Å². The fourth-order valence-corrected chi connectivity index (χ4v) is 3.21. The Morgan fingerprint density at radius 1 is 1.18 bits per heavy atom. The van der Waals surface area contributed by atoms with Gasteiger partial charge >= 0.3 is 5.97 Å². The molecule has 28 heavy (non-hydrogen) atoms. The average molecular weight is 395 g/mol. The first-order valence-corrected chi connectivity index (χ1v) is 9.22. The molecule has 3 rings (SSSR count). The van der Waals surface area contributed by atoms with Crippen molar-refractivity contribution in [3.63, 3.8) is 0 Å². The number of halogens is 1. The molecular formula is C22H19ClN2O3. The van der Waals surface area contributed by atoms with Crippen LogP contribution >= 0.6 is 11.6 Å². The highest BCUT2D eigenvalue weighted by Crippen LogP contribution is 2.25. The van der Waals surface area contributed by atoms with Crippen LogP contribution in [0.5, 0.6) is 0 Å². The second-order valence-corrected chi connectivity index (χ2v) is 6.57. The molecule has 1 N–H and O–H groups in total. The summed E-state index contributed by atoms with van der Waals surface area (Å²) < 4.78 is 1.77. The number of carbonyl (C=O) groups is 2. The molecule has 0 spiro atoms. The number of rotatable bonds is 7. The molecule has 0 fully saturated rings. The van der Waals surface area contributed by atoms with Crippen molar-refractivity contribution in [2.24, 2.45) is 0 Å². The number of aromatic nitrogens is 2. The van der Waals surface area contributed by atoms with E-state index in [9.17, 15) is 14.7 Å². The normalized spacial score (nSPS) is 11.1. The van der Waals surface area contributed by atoms with Crippen molar-refractivity contribution in [1.29, 1.82) is 0 Å². The Labute approximate surface area is 167 Å². The lowest BCUT2D eigenvalue weighted by molar-refractivity contribution is 0.0697. The Hall–Kier alpha value is -3.18. The van der Waals surface area contributed by atoms with E-state index in [-0.39, 0.29) is 10.7 Å². The highest BCUT2D eigenvalue weighted by Gasteiger charge is 2.15. The van der Waals surface area contributed by atoms with Crippen molar-refractivity contribution in [3.05, 3.63) is 82.4 Å². The molecule has 2 aromatic carbocycles. The van der Waals surface area contributed by atoms with Crippen LogP contribution in [0, 0.1) is 0 Å². The van der Waals surface area contributed by atoms with Crippen molar-refractivity contribution < 1.29 is 14.7 Å². The molecule has 5 nitrogen and oxygen atoms in total. The van der Waals surface area contributed by atoms with E-state index in [0.29, 0.717) is 29.9 Å². The van der Waals surface area contributed by atoms with Gasteiger partial charge in [-0.2, -0.15) is 0 Å². The molecule has 3 aromatic rings. The fraction of sp³-hybridized carbons (Fsp3) is 0.136. The van der Waals surface area contributed by atoms with Gasteiger partial charge in [0, 0.05) is 6.54 Å². The summed E-state index contributed by atoms with van der Waals surface area (Å²) in [4.78, 5) is 27.1. The van der Waals surface area contributed by atoms with E-state index in [1.807, 2.05) is 49.4 Å². The predicted octanol–water partition coefficient (Wildman–Crippen LogP) is 5.19. The van der Waals surface area contributed by atoms with E-state index in [2.05, 4.69) is 4.98 Å². The Morgan fingerprint density at radius 3 is 2.54 bits per heavy atom. The summed E-state index contributed by atoms with van der Waals surface area (Å²) >= 11 is 6.10. The molecule has 1 aromatic heterocycles. The second-order valence-electron chi connectivity index (χ2n) is 6.21. The summed E-state index contributed by atoms with van der Waals surface area (Å²) in [7, 11) is 0. The van der Waals surface area contributed by atoms with Gasteiger partial charge < -0.3 is 9.67 Å². The number of nitrogens with zero attached hydrogens (tertiary/aromatic N) is 2. The number of carboxylic acid groups (broad SMARTS) is 1. The first kappa shape index (κ1) is 19.6. The van der Waals surface area contributed by atoms with Gasteiger partial charge in [0.25, 0.3) is 0 Å². The quantitative estimate of drug-likeness (QED) is 0.560. The topological polar surface area (TPSA) is 72.2 Å². The number of benzene rings is 2. The molecule has 0 saturated carbocycles. The molecule has 0 aliphatic heterocycles. The van der Waals surface area contributed by atoms with E-state index >= 15 is 0 Å². The first-order valence-electron chi connectivity index (χ1n) is 8.84. The Kier molecular flexibility index (Phi) is 6.06. The standard InChI is InChI=1S/C22H19ClN2O3/c1-2-3-8-20-24-21(23)19(14-26)25(20)13-15-9-11-16(12-10-15)17-6-4-5-7-18(17)22(27)28/h3-12,14H,2,13H2,1H3,(H,27,28)/b8-3-. The van der Waals surface area contributed by atoms with Gasteiger partial charge in [-0.25, -0.2) is 9.78 Å². The highest BCUT2D eigenvalue weighted by atomic mass is 35.5. The second kappa shape index (κ2) is 8.67. The van der Waals surface area contributed by atoms with E-state index in [0.717, 1.165) is 17.5 Å². The van der Waals surface area contributed by atoms with Crippen LogP contribution in [0.1, 0.15) is 45.6 Å². The molecule has 0 amide bonds. The van der Waals surface area contributed by atoms with Crippen LogP contribution in [0.2, 0.25) is 5.15 Å². The third kappa shape index (κ3) is 4.05. The van der Waals surface area contributed by atoms with Crippen molar-refractivity contribution in [3.8, 4) is 11.1 Å². The van der Waals surface area contributed by atoms with Gasteiger partial charge in [0.2, 0.25) is 0 Å². The van der Waals surface area contributed by atoms with Crippen LogP contribution in [0.3, 0.4) is 0 Å². The zero-order valence-corrected chi connectivity index (χ0v) is 16.1. The third-order valence-electron chi connectivity index (χ3n) is 4.37. The van der Waals surface area contributed by atoms with E-state index in [4.69, 9.17) is 11.6 Å². The number of imidazole rings is 1. The predicted molar refractivity (Wildman–Crippen MR) is 110 cm³/mol. The van der Waals surface area contributed by atoms with Crippen molar-refractivity contribution in [1.82, 2.24) is 9.55 Å². The van der Waals surface area contributed by atoms with Crippen LogP contribution in [0.25, 0.3) is 17.2 Å². The lowest BCUT2D eigenvalue weighted by Gasteiger charge is -2.10. The molecule has 0 aliphatic rings. The monoisotopic (exact) mass is 394 g/mol. The summed E-state index contributed by atoms with van der Waals surface area (Å²) in [5.41, 5.74) is 3.00. The third-order valence-corrected chi connectivity index (χ3v) is 4.65. The fourth-order valence-electron chi connectivity index (χ4n) is 2.98. The van der Waals surface area contributed by atoms with Crippen LogP contribution in [0.4, 0.5) is 0 Å². The summed E-state index contributed by atoms with van der Waals surface area (Å²) in [6.45, 7) is 2.44. The zero-order chi connectivity index (χ0) is 20.1. The number of hydrogen-bond donors (Lipinski definition) is 1. The number of carbonyl (C=O) groups excluding carboxylic acids is 1. The van der Waals surface area contributed by atoms with E-state index in [1.54, 1.807) is 22.8 Å². The maximum absolute atomic E-state index is 11.4. The molecule has 6 heteroatoms. The van der Waals surface area contributed by atoms with Crippen LogP contribution in [-0.2, 0) is 6.54 Å². The lowest BCUT2D eigenvalue weighted by Crippen LogP contribution is -2.06. The maximum atomic E-state index is 11.4. The molecule has 0 saturated heterocycles. The summed E-state index contributed by atoms with van der Waals surface area (Å²) in [5.74, 6) is -0.343. The largest absolute Gasteiger partial charge is 0.478 e. The molecule has 0 atom stereocenters. The molecule has 1 heterocycles. The minimum Gasteiger partial charge on any atom is -0.478 e. The van der Waals surface area contributed by atoms with Gasteiger partial charge in [-0.1, -0.05) is 67.1 Å². The molecule has 0 unspecified atom stereocenters. The summed E-state index contributed by atoms with van der Waals surface area (Å²) in [6.07, 6.45) is 5.35. The van der Waals surface area contributed by atoms with Gasteiger partial charge in [0.15, 0.2) is 11.4 Å². The molecule has 142 valence electrons. The van der Waals surface area contributed by atoms with Gasteiger partial charge in [-0.15, -0.1) is 0 Å². The van der Waals surface area contributed by atoms with Crippen molar-refractivity contribution >= 4 is 29.9 Å². The van der Waals surface area contributed by atoms with Crippen LogP contribution in [-0.4, -0.2) is 26.9 Å². The number of aromatic carboxylic acids is 1. The number of carboxylic acids is 1. The van der Waals surface area contributed by atoms with E-state index in [1.165, 1.54) is 0 Å². The summed E-state index contributed by atoms with van der Waals surface area (Å²) in [6, 6.07) is 14.4. The van der Waals surface area contributed by atoms with Crippen molar-refractivity contribution in [2.75, 3.05) is 0 Å². The van der Waals surface area contributed by atoms with Crippen molar-refractivity contribution in [2.45, 2.75) is 19.9 Å². The first-order chi connectivity index (χ1) is 13.5. The maximum Gasteiger partial charge on any atom is 0.336 e. The molecular weight excluding hydrogens is 376 g/mol. The number of aldehydes is 1. The average Bonchev–Trinajstić information content (AvgIpc) is 3.01. The number of hydrogen-bond acceptors (Lipinski definition) is 3. The molecule has 0 radical (unpaired) electrons. The summed E-state index contributed by atoms with van der Waals surface area (Å²) in [5, 5.41) is 9.55. The minimum atomic E-state index is -0.962. The Balaban J connectivity index is 1.93. The molecule has 0 bridgehead atoms. The molecule has 0 aliphatic carbocycles. The van der Waals surface area contributed by atoms with Gasteiger partial charge in [0.1, 0.15) is 11.5 Å². The van der Waals surface area contributed by atoms with Crippen LogP contribution < -0.4 is 0 Å². The Bertz CT molecular complexity index is 1040. The van der Waals surface area contributed by atoms with Gasteiger partial charge in [0.05, 0.1) is 5.56 Å². The van der Waals surface area contributed by atoms with Gasteiger partial charge in [-0.3, -0.25) is 4.79 Å². The smallest absolute Gasteiger partial charge is 0.336 e. The number of allylic oxidation sites excluding steroid dienone is 1. The van der Waals surface area contributed by atoms with E-state index < -0.39 is 5.97 Å². The SMILES string of the molecule is CC/C=C\c1nc(Cl)c(C=O)n1Cc1ccc(-c2ccccc2C(=O)O)cc1.